The van der Waals surface area contributed by atoms with Crippen LogP contribution in [0.4, 0.5) is 0 Å². The normalized spacial score (nSPS) is 42.8. The Kier molecular flexibility index (Phi) is 19.0. The molecule has 352 valence electrons. The number of methoxy groups -OCH3 is 1. The van der Waals surface area contributed by atoms with Gasteiger partial charge in [0.05, 0.1) is 65.9 Å². The van der Waals surface area contributed by atoms with Crippen LogP contribution in [0.3, 0.4) is 0 Å². The molecule has 0 aromatic carbocycles. The first-order valence-electron chi connectivity index (χ1n) is 22.1. The second-order valence-corrected chi connectivity index (χ2v) is 18.4. The first-order valence-corrected chi connectivity index (χ1v) is 22.1. The molecule has 17 nitrogen and oxygen atoms in total. The maximum Gasteiger partial charge on any atom is 0.311 e. The average molecular weight is 872 g/mol. The molecule has 17 heteroatoms. The minimum atomic E-state index is -1.95. The lowest BCUT2D eigenvalue weighted by Gasteiger charge is -2.48. The lowest BCUT2D eigenvalue weighted by molar-refractivity contribution is -0.314. The van der Waals surface area contributed by atoms with Crippen molar-refractivity contribution in [3.63, 3.8) is 0 Å². The van der Waals surface area contributed by atoms with Crippen molar-refractivity contribution in [2.75, 3.05) is 33.4 Å². The highest BCUT2D eigenvalue weighted by molar-refractivity contribution is 5.88. The minimum absolute atomic E-state index is 0.00993. The molecule has 3 aliphatic heterocycles. The molecule has 4 rings (SSSR count). The van der Waals surface area contributed by atoms with Crippen LogP contribution < -0.4 is 10.6 Å². The number of nitrogens with zero attached hydrogens (tertiary/aromatic N) is 1. The molecule has 4 heterocycles. The Morgan fingerprint density at radius 1 is 0.902 bits per heavy atom. The summed E-state index contributed by atoms with van der Waals surface area (Å²) < 4.78 is 42.5. The summed E-state index contributed by atoms with van der Waals surface area (Å²) in [6.45, 7) is 19.9. The van der Waals surface area contributed by atoms with Gasteiger partial charge in [0, 0.05) is 63.0 Å². The van der Waals surface area contributed by atoms with Crippen molar-refractivity contribution in [1.82, 2.24) is 10.6 Å². The smallest absolute Gasteiger partial charge is 0.311 e. The molecular formula is C44H77N3O14. The molecule has 1 aromatic rings. The number of cyclic esters (lactones) is 1. The van der Waals surface area contributed by atoms with E-state index in [9.17, 15) is 30.3 Å². The Balaban J connectivity index is 1.69. The van der Waals surface area contributed by atoms with Crippen LogP contribution in [0.1, 0.15) is 107 Å². The van der Waals surface area contributed by atoms with Crippen LogP contribution in [0.25, 0.3) is 0 Å². The monoisotopic (exact) mass is 872 g/mol. The molecule has 0 bridgehead atoms. The van der Waals surface area contributed by atoms with E-state index in [1.54, 1.807) is 61.0 Å². The molecule has 17 atom stereocenters. The second-order valence-electron chi connectivity index (χ2n) is 18.4. The number of carbonyl (C=O) groups is 1. The van der Waals surface area contributed by atoms with Gasteiger partial charge in [0.25, 0.3) is 0 Å². The maximum atomic E-state index is 14.3. The van der Waals surface area contributed by atoms with E-state index in [1.165, 1.54) is 14.0 Å². The Labute approximate surface area is 362 Å². The summed E-state index contributed by atoms with van der Waals surface area (Å²) in [4.78, 5) is 20.2. The lowest BCUT2D eigenvalue weighted by atomic mass is 9.73. The van der Waals surface area contributed by atoms with Gasteiger partial charge in [-0.05, 0) is 73.3 Å². The highest BCUT2D eigenvalue weighted by Gasteiger charge is 2.53. The highest BCUT2D eigenvalue weighted by Crippen LogP contribution is 2.41. The maximum absolute atomic E-state index is 14.3. The number of nitrogens with one attached hydrogen (secondary N) is 2. The summed E-state index contributed by atoms with van der Waals surface area (Å²) in [6, 6.07) is 1.90. The fraction of sp³-hybridized carbons (Fsp3) is 0.864. The summed E-state index contributed by atoms with van der Waals surface area (Å²) in [6.07, 6.45) is -5.16. The van der Waals surface area contributed by atoms with E-state index in [2.05, 4.69) is 15.8 Å². The van der Waals surface area contributed by atoms with Gasteiger partial charge in [-0.15, -0.1) is 0 Å². The zero-order chi connectivity index (χ0) is 45.3. The van der Waals surface area contributed by atoms with Crippen molar-refractivity contribution in [3.05, 3.63) is 24.2 Å². The molecule has 0 spiro atoms. The van der Waals surface area contributed by atoms with E-state index in [4.69, 9.17) is 37.7 Å². The highest BCUT2D eigenvalue weighted by atomic mass is 16.7. The number of esters is 1. The lowest BCUT2D eigenvalue weighted by Crippen LogP contribution is -2.60. The van der Waals surface area contributed by atoms with Crippen LogP contribution in [0.15, 0.2) is 28.2 Å². The van der Waals surface area contributed by atoms with E-state index < -0.39 is 102 Å². The quantitative estimate of drug-likeness (QED) is 0.0763. The average Bonchev–Trinajstić information content (AvgIpc) is 3.73. The van der Waals surface area contributed by atoms with E-state index in [0.717, 1.165) is 5.56 Å². The van der Waals surface area contributed by atoms with Gasteiger partial charge in [0.2, 0.25) is 0 Å². The SMILES string of the molecule is CC[C@H]1OC(=O)[C@H](C)[C@@H](O[C@H]2C[C@@](C)(OC)[C@H](O)[C@H](C)O2)[C@H](C)[C@H](O[C@@H]2O[C@H](C)CC[C@@H]2O)C(C)(O)C[C@@H](C)/C(=N\OCCNCCNCc2ccoc2)[C@H](C)[C@H](O)[C@]1(C)O. The van der Waals surface area contributed by atoms with Gasteiger partial charge in [0.1, 0.15) is 30.5 Å². The minimum Gasteiger partial charge on any atom is -0.472 e. The third-order valence-electron chi connectivity index (χ3n) is 13.1. The Bertz CT molecular complexity index is 1500. The molecule has 0 aliphatic carbocycles. The molecule has 1 aromatic heterocycles. The number of aliphatic hydroxyl groups is 5. The number of ether oxygens (including phenoxy) is 6. The van der Waals surface area contributed by atoms with Crippen LogP contribution in [0, 0.1) is 23.7 Å². The topological polar surface area (TPSA) is 232 Å². The number of oxime groups is 1. The van der Waals surface area contributed by atoms with Crippen molar-refractivity contribution in [2.45, 2.75) is 186 Å². The molecule has 3 saturated heterocycles. The molecule has 7 N–H and O–H groups in total. The number of rotatable bonds is 15. The van der Waals surface area contributed by atoms with Crippen molar-refractivity contribution >= 4 is 11.7 Å². The fourth-order valence-corrected chi connectivity index (χ4v) is 9.16. The molecule has 3 fully saturated rings. The van der Waals surface area contributed by atoms with Crippen LogP contribution in [0.5, 0.6) is 0 Å². The standard InChI is InChI=1S/C44H77N3O14/c1-12-33-44(10,53)37(49)27(4)35(47-56-20-18-45-16-17-46-23-31-15-19-55-24-31)25(2)21-42(8,52)39(61-41-32(48)14-13-26(3)57-41)28(5)36(29(6)40(51)59-33)60-34-22-43(9,54-11)38(50)30(7)58-34/h15,19,24-30,32-34,36-39,41,45-46,48-50,52-53H,12-14,16-18,20-23H2,1-11H3/b47-35+/t25-,26-,27+,28+,29-,30+,32+,33-,34+,36+,37+,38-,39+,41+,42?,43-,44-/m1/s1. The van der Waals surface area contributed by atoms with Gasteiger partial charge < -0.3 is 73.8 Å². The Hall–Kier alpha value is -2.26. The van der Waals surface area contributed by atoms with Gasteiger partial charge in [-0.3, -0.25) is 4.79 Å². The van der Waals surface area contributed by atoms with E-state index >= 15 is 0 Å². The number of hydrogen-bond acceptors (Lipinski definition) is 17. The number of carbonyl (C=O) groups excluding carboxylic acids is 1. The summed E-state index contributed by atoms with van der Waals surface area (Å²) in [5, 5.41) is 69.9. The zero-order valence-electron chi connectivity index (χ0n) is 38.2. The van der Waals surface area contributed by atoms with Gasteiger partial charge in [0.15, 0.2) is 12.6 Å². The third-order valence-corrected chi connectivity index (χ3v) is 13.1. The number of furan rings is 1. The fourth-order valence-electron chi connectivity index (χ4n) is 9.16. The van der Waals surface area contributed by atoms with Crippen molar-refractivity contribution in [2.24, 2.45) is 28.8 Å². The van der Waals surface area contributed by atoms with Gasteiger partial charge in [-0.25, -0.2) is 0 Å². The van der Waals surface area contributed by atoms with Crippen LogP contribution in [0.2, 0.25) is 0 Å². The summed E-state index contributed by atoms with van der Waals surface area (Å²) >= 11 is 0. The van der Waals surface area contributed by atoms with Crippen LogP contribution in [-0.2, 0) is 44.6 Å². The first kappa shape index (κ1) is 51.4. The molecular weight excluding hydrogens is 794 g/mol. The second kappa shape index (κ2) is 22.6. The molecule has 0 radical (unpaired) electrons. The summed E-state index contributed by atoms with van der Waals surface area (Å²) in [5.41, 5.74) is -3.29. The summed E-state index contributed by atoms with van der Waals surface area (Å²) in [7, 11) is 1.50. The molecule has 0 amide bonds. The van der Waals surface area contributed by atoms with Crippen molar-refractivity contribution in [3.8, 4) is 0 Å². The zero-order valence-corrected chi connectivity index (χ0v) is 38.2. The predicted octanol–water partition coefficient (Wildman–Crippen LogP) is 3.02. The van der Waals surface area contributed by atoms with Crippen LogP contribution >= 0.6 is 0 Å². The van der Waals surface area contributed by atoms with Crippen LogP contribution in [-0.4, -0.2) is 149 Å². The van der Waals surface area contributed by atoms with Gasteiger partial charge in [-0.1, -0.05) is 32.9 Å². The van der Waals surface area contributed by atoms with Gasteiger partial charge in [-0.2, -0.15) is 0 Å². The number of aliphatic hydroxyl groups excluding tert-OH is 3. The Morgan fingerprint density at radius 2 is 1.61 bits per heavy atom. The Morgan fingerprint density at radius 3 is 2.26 bits per heavy atom. The van der Waals surface area contributed by atoms with Gasteiger partial charge >= 0.3 is 5.97 Å². The summed E-state index contributed by atoms with van der Waals surface area (Å²) in [5.74, 6) is -3.98. The van der Waals surface area contributed by atoms with Crippen molar-refractivity contribution in [1.29, 1.82) is 0 Å². The molecule has 0 saturated carbocycles. The number of hydrogen-bond donors (Lipinski definition) is 7. The van der Waals surface area contributed by atoms with E-state index in [0.29, 0.717) is 44.7 Å². The van der Waals surface area contributed by atoms with Crippen molar-refractivity contribution < 1.29 is 68.0 Å². The van der Waals surface area contributed by atoms with E-state index in [-0.39, 0.29) is 32.0 Å². The first-order chi connectivity index (χ1) is 28.7. The molecule has 3 aliphatic rings. The third kappa shape index (κ3) is 13.2. The van der Waals surface area contributed by atoms with E-state index in [1.807, 2.05) is 19.9 Å². The molecule has 1 unspecified atom stereocenters. The largest absolute Gasteiger partial charge is 0.472 e. The molecule has 61 heavy (non-hydrogen) atoms. The predicted molar refractivity (Wildman–Crippen MR) is 225 cm³/mol.